The van der Waals surface area contributed by atoms with Gasteiger partial charge >= 0.3 is 6.18 Å². The molecule has 0 unspecified atom stereocenters. The summed E-state index contributed by atoms with van der Waals surface area (Å²) in [5.41, 5.74) is 3.67. The van der Waals surface area contributed by atoms with Crippen LogP contribution in [0.2, 0.25) is 0 Å². The molecule has 1 rings (SSSR count). The maximum atomic E-state index is 12.7. The van der Waals surface area contributed by atoms with Crippen LogP contribution in [0.1, 0.15) is 11.1 Å². The molecule has 0 radical (unpaired) electrons. The van der Waals surface area contributed by atoms with Crippen molar-refractivity contribution in [3.8, 4) is 5.75 Å². The second-order valence-corrected chi connectivity index (χ2v) is 3.71. The molecule has 0 aliphatic rings. The van der Waals surface area contributed by atoms with E-state index in [1.165, 1.54) is 0 Å². The average Bonchev–Trinajstić information content (AvgIpc) is 2.24. The Hall–Kier alpha value is -1.44. The number of alkyl halides is 5. The Bertz CT molecular complexity index is 446. The van der Waals surface area contributed by atoms with Gasteiger partial charge in [-0.05, 0) is 18.2 Å². The molecule has 100 valence electrons. The molecule has 0 saturated carbocycles. The summed E-state index contributed by atoms with van der Waals surface area (Å²) in [6, 6.07) is 2.69. The largest absolute Gasteiger partial charge is 0.488 e. The normalized spacial score (nSPS) is 11.7. The molecule has 2 nitrogen and oxygen atoms in total. The van der Waals surface area contributed by atoms with Crippen molar-refractivity contribution in [3.05, 3.63) is 29.3 Å². The van der Waals surface area contributed by atoms with E-state index in [-0.39, 0.29) is 11.3 Å². The molecule has 0 fully saturated rings. The molecule has 8 heteroatoms. The number of rotatable bonds is 4. The first-order valence-electron chi connectivity index (χ1n) is 4.64. The zero-order chi connectivity index (χ0) is 13.9. The number of thiocarbonyl (C=S) groups is 1. The molecular formula is C10H8F5NOS. The van der Waals surface area contributed by atoms with Crippen molar-refractivity contribution >= 4 is 17.2 Å². The van der Waals surface area contributed by atoms with Crippen LogP contribution in [0.5, 0.6) is 5.75 Å². The monoisotopic (exact) mass is 285 g/mol. The number of hydrogen-bond acceptors (Lipinski definition) is 2. The van der Waals surface area contributed by atoms with E-state index in [1.54, 1.807) is 0 Å². The molecule has 1 aromatic rings. The fourth-order valence-electron chi connectivity index (χ4n) is 1.22. The van der Waals surface area contributed by atoms with Crippen LogP contribution in [-0.2, 0) is 6.18 Å². The molecule has 0 heterocycles. The van der Waals surface area contributed by atoms with Gasteiger partial charge in [0.1, 0.15) is 17.3 Å². The first-order valence-corrected chi connectivity index (χ1v) is 5.04. The van der Waals surface area contributed by atoms with E-state index in [0.29, 0.717) is 6.07 Å². The molecule has 0 spiro atoms. The lowest BCUT2D eigenvalue weighted by Gasteiger charge is -2.14. The Kier molecular flexibility index (Phi) is 4.44. The van der Waals surface area contributed by atoms with Gasteiger partial charge in [-0.15, -0.1) is 0 Å². The van der Waals surface area contributed by atoms with Gasteiger partial charge in [0.2, 0.25) is 0 Å². The summed E-state index contributed by atoms with van der Waals surface area (Å²) < 4.78 is 66.3. The fraction of sp³-hybridized carbons (Fsp3) is 0.300. The third-order valence-electron chi connectivity index (χ3n) is 1.94. The lowest BCUT2D eigenvalue weighted by Crippen LogP contribution is -2.18. The predicted octanol–water partition coefficient (Wildman–Crippen LogP) is 2.98. The Balaban J connectivity index is 3.10. The van der Waals surface area contributed by atoms with Gasteiger partial charge in [0.25, 0.3) is 6.43 Å². The Morgan fingerprint density at radius 2 is 1.94 bits per heavy atom. The molecule has 0 atom stereocenters. The topological polar surface area (TPSA) is 35.2 Å². The number of hydrogen-bond donors (Lipinski definition) is 1. The quantitative estimate of drug-likeness (QED) is 0.682. The van der Waals surface area contributed by atoms with E-state index < -0.39 is 29.8 Å². The summed E-state index contributed by atoms with van der Waals surface area (Å²) in [6.07, 6.45) is -7.46. The maximum absolute atomic E-state index is 12.7. The molecule has 0 aliphatic heterocycles. The molecule has 0 bridgehead atoms. The van der Waals surface area contributed by atoms with Gasteiger partial charge in [-0.2, -0.15) is 13.2 Å². The van der Waals surface area contributed by atoms with Crippen LogP contribution in [0.3, 0.4) is 0 Å². The molecule has 0 aromatic heterocycles. The molecule has 0 amide bonds. The highest BCUT2D eigenvalue weighted by Crippen LogP contribution is 2.34. The highest BCUT2D eigenvalue weighted by atomic mass is 32.1. The van der Waals surface area contributed by atoms with E-state index >= 15 is 0 Å². The van der Waals surface area contributed by atoms with Gasteiger partial charge in [0, 0.05) is 5.56 Å². The van der Waals surface area contributed by atoms with Crippen molar-refractivity contribution in [2.75, 3.05) is 6.61 Å². The van der Waals surface area contributed by atoms with Crippen molar-refractivity contribution in [3.63, 3.8) is 0 Å². The molecule has 2 N–H and O–H groups in total. The SMILES string of the molecule is NC(=S)c1ccc(OCC(F)F)cc1C(F)(F)F. The summed E-state index contributed by atoms with van der Waals surface area (Å²) in [6.45, 7) is -0.982. The van der Waals surface area contributed by atoms with E-state index in [0.717, 1.165) is 12.1 Å². The van der Waals surface area contributed by atoms with E-state index in [1.807, 2.05) is 0 Å². The van der Waals surface area contributed by atoms with Crippen LogP contribution in [0.25, 0.3) is 0 Å². The smallest absolute Gasteiger partial charge is 0.417 e. The van der Waals surface area contributed by atoms with Crippen molar-refractivity contribution < 1.29 is 26.7 Å². The summed E-state index contributed by atoms with van der Waals surface area (Å²) in [7, 11) is 0. The van der Waals surface area contributed by atoms with Crippen LogP contribution in [-0.4, -0.2) is 18.0 Å². The van der Waals surface area contributed by atoms with E-state index in [4.69, 9.17) is 5.73 Å². The molecule has 0 saturated heterocycles. The number of benzene rings is 1. The van der Waals surface area contributed by atoms with Gasteiger partial charge in [-0.3, -0.25) is 0 Å². The highest BCUT2D eigenvalue weighted by Gasteiger charge is 2.34. The van der Waals surface area contributed by atoms with Crippen LogP contribution in [0, 0.1) is 0 Å². The fourth-order valence-corrected chi connectivity index (χ4v) is 1.40. The summed E-state index contributed by atoms with van der Waals surface area (Å²) in [5, 5.41) is 0. The first kappa shape index (κ1) is 14.6. The second-order valence-electron chi connectivity index (χ2n) is 3.27. The van der Waals surface area contributed by atoms with Crippen molar-refractivity contribution in [1.29, 1.82) is 0 Å². The maximum Gasteiger partial charge on any atom is 0.417 e. The van der Waals surface area contributed by atoms with Crippen LogP contribution in [0.15, 0.2) is 18.2 Å². The van der Waals surface area contributed by atoms with Crippen molar-refractivity contribution in [2.45, 2.75) is 12.6 Å². The first-order chi connectivity index (χ1) is 8.21. The minimum atomic E-state index is -4.69. The predicted molar refractivity (Wildman–Crippen MR) is 58.8 cm³/mol. The second kappa shape index (κ2) is 5.47. The lowest BCUT2D eigenvalue weighted by atomic mass is 10.1. The van der Waals surface area contributed by atoms with Gasteiger partial charge in [0.15, 0.2) is 0 Å². The van der Waals surface area contributed by atoms with Gasteiger partial charge in [-0.25, -0.2) is 8.78 Å². The highest BCUT2D eigenvalue weighted by molar-refractivity contribution is 7.80. The van der Waals surface area contributed by atoms with Crippen molar-refractivity contribution in [1.82, 2.24) is 0 Å². The Morgan fingerprint density at radius 1 is 1.33 bits per heavy atom. The number of ether oxygens (including phenoxy) is 1. The number of halogens is 5. The van der Waals surface area contributed by atoms with E-state index in [9.17, 15) is 22.0 Å². The minimum absolute atomic E-state index is 0.317. The Morgan fingerprint density at radius 3 is 2.39 bits per heavy atom. The van der Waals surface area contributed by atoms with Crippen LogP contribution >= 0.6 is 12.2 Å². The molecule has 0 aliphatic carbocycles. The minimum Gasteiger partial charge on any atom is -0.488 e. The summed E-state index contributed by atoms with van der Waals surface area (Å²) >= 11 is 4.48. The zero-order valence-electron chi connectivity index (χ0n) is 8.80. The van der Waals surface area contributed by atoms with Crippen molar-refractivity contribution in [2.24, 2.45) is 5.73 Å². The standard InChI is InChI=1S/C10H8F5NOS/c11-8(12)4-17-5-1-2-6(9(16)18)7(3-5)10(13,14)15/h1-3,8H,4H2,(H2,16,18). The molecule has 1 aromatic carbocycles. The van der Waals surface area contributed by atoms with Gasteiger partial charge in [-0.1, -0.05) is 12.2 Å². The van der Waals surface area contributed by atoms with Gasteiger partial charge < -0.3 is 10.5 Å². The third kappa shape index (κ3) is 3.80. The summed E-state index contributed by atoms with van der Waals surface area (Å²) in [5.74, 6) is -0.317. The number of nitrogens with two attached hydrogens (primary N) is 1. The van der Waals surface area contributed by atoms with Crippen LogP contribution in [0.4, 0.5) is 22.0 Å². The van der Waals surface area contributed by atoms with Crippen LogP contribution < -0.4 is 10.5 Å². The third-order valence-corrected chi connectivity index (χ3v) is 2.16. The van der Waals surface area contributed by atoms with E-state index in [2.05, 4.69) is 17.0 Å². The summed E-state index contributed by atoms with van der Waals surface area (Å²) in [4.78, 5) is -0.428. The Labute approximate surface area is 105 Å². The lowest BCUT2D eigenvalue weighted by molar-refractivity contribution is -0.137. The molecular weight excluding hydrogens is 277 g/mol. The van der Waals surface area contributed by atoms with Gasteiger partial charge in [0.05, 0.1) is 5.56 Å². The zero-order valence-corrected chi connectivity index (χ0v) is 9.62. The average molecular weight is 285 g/mol. The molecule has 18 heavy (non-hydrogen) atoms.